The van der Waals surface area contributed by atoms with Crippen LogP contribution < -0.4 is 0 Å². The Morgan fingerprint density at radius 3 is 2.00 bits per heavy atom. The summed E-state index contributed by atoms with van der Waals surface area (Å²) in [4.78, 5) is 0. The van der Waals surface area contributed by atoms with Crippen molar-refractivity contribution in [2.24, 2.45) is 0 Å². The first-order chi connectivity index (χ1) is 4.35. The second-order valence-electron chi connectivity index (χ2n) is 1.30. The second kappa shape index (κ2) is 5.83. The molecule has 0 N–H and O–H groups in total. The predicted octanol–water partition coefficient (Wildman–Crippen LogP) is 0.720. The van der Waals surface area contributed by atoms with Crippen LogP contribution in [0.3, 0.4) is 0 Å². The highest BCUT2D eigenvalue weighted by atomic mass is 28.3. The molecule has 2 nitrogen and oxygen atoms in total. The number of terminal acetylenes is 1. The second-order valence-corrected chi connectivity index (χ2v) is 2.74. The highest BCUT2D eigenvalue weighted by Crippen LogP contribution is 1.85. The SMILES string of the molecule is C#C[Si](OCC)OCC. The van der Waals surface area contributed by atoms with Crippen molar-refractivity contribution in [2.45, 2.75) is 13.8 Å². The standard InChI is InChI=1S/C6H11O2Si/c1-4-7-9(6-3)8-5-2/h3H,4-5H2,1-2H3. The summed E-state index contributed by atoms with van der Waals surface area (Å²) in [6, 6.07) is 0. The highest BCUT2D eigenvalue weighted by molar-refractivity contribution is 6.54. The van der Waals surface area contributed by atoms with Gasteiger partial charge in [-0.25, -0.2) is 0 Å². The Labute approximate surface area is 58.0 Å². The van der Waals surface area contributed by atoms with Crippen molar-refractivity contribution in [1.82, 2.24) is 0 Å². The van der Waals surface area contributed by atoms with Gasteiger partial charge in [0, 0.05) is 13.2 Å². The summed E-state index contributed by atoms with van der Waals surface area (Å²) in [5.74, 6) is 0. The molecular weight excluding hydrogens is 132 g/mol. The Morgan fingerprint density at radius 1 is 1.33 bits per heavy atom. The van der Waals surface area contributed by atoms with Crippen LogP contribution in [0.4, 0.5) is 0 Å². The summed E-state index contributed by atoms with van der Waals surface area (Å²) in [6.45, 7) is 5.08. The van der Waals surface area contributed by atoms with E-state index in [0.717, 1.165) is 0 Å². The van der Waals surface area contributed by atoms with Gasteiger partial charge >= 0.3 is 9.28 Å². The summed E-state index contributed by atoms with van der Waals surface area (Å²) in [5.41, 5.74) is 2.46. The lowest BCUT2D eigenvalue weighted by Crippen LogP contribution is -2.20. The van der Waals surface area contributed by atoms with Crippen LogP contribution in [0.25, 0.3) is 0 Å². The smallest absolute Gasteiger partial charge is 0.384 e. The zero-order valence-corrected chi connectivity index (χ0v) is 6.81. The van der Waals surface area contributed by atoms with Crippen molar-refractivity contribution in [3.63, 3.8) is 0 Å². The predicted molar refractivity (Wildman–Crippen MR) is 37.8 cm³/mol. The molecule has 0 fully saturated rings. The minimum atomic E-state index is -1.36. The molecule has 0 aromatic rings. The van der Waals surface area contributed by atoms with E-state index in [-0.39, 0.29) is 0 Å². The highest BCUT2D eigenvalue weighted by Gasteiger charge is 2.08. The van der Waals surface area contributed by atoms with Gasteiger partial charge < -0.3 is 8.85 Å². The summed E-state index contributed by atoms with van der Waals surface area (Å²) in [5, 5.41) is 0. The number of rotatable bonds is 4. The topological polar surface area (TPSA) is 18.5 Å². The van der Waals surface area contributed by atoms with Gasteiger partial charge in [0.2, 0.25) is 0 Å². The molecule has 0 aromatic carbocycles. The summed E-state index contributed by atoms with van der Waals surface area (Å²) in [7, 11) is -1.36. The Bertz CT molecular complexity index is 91.7. The van der Waals surface area contributed by atoms with Crippen LogP contribution in [-0.2, 0) is 8.85 Å². The van der Waals surface area contributed by atoms with E-state index < -0.39 is 9.28 Å². The van der Waals surface area contributed by atoms with Crippen LogP contribution in [0.2, 0.25) is 0 Å². The lowest BCUT2D eigenvalue weighted by atomic mass is 10.9. The molecule has 0 rings (SSSR count). The average molecular weight is 143 g/mol. The van der Waals surface area contributed by atoms with E-state index in [9.17, 15) is 0 Å². The summed E-state index contributed by atoms with van der Waals surface area (Å²) in [6.07, 6.45) is 5.09. The van der Waals surface area contributed by atoms with Crippen LogP contribution in [0.1, 0.15) is 13.8 Å². The Morgan fingerprint density at radius 2 is 1.78 bits per heavy atom. The Kier molecular flexibility index (Phi) is 5.63. The molecule has 0 aromatic heterocycles. The zero-order valence-electron chi connectivity index (χ0n) is 5.81. The van der Waals surface area contributed by atoms with Gasteiger partial charge in [0.15, 0.2) is 0 Å². The molecule has 0 aliphatic carbocycles. The molecule has 0 aliphatic rings. The van der Waals surface area contributed by atoms with Crippen LogP contribution in [-0.4, -0.2) is 22.5 Å². The van der Waals surface area contributed by atoms with Crippen LogP contribution in [0.15, 0.2) is 0 Å². The maximum Gasteiger partial charge on any atom is 0.482 e. The molecule has 3 heteroatoms. The molecule has 0 amide bonds. The first-order valence-corrected chi connectivity index (χ1v) is 4.25. The van der Waals surface area contributed by atoms with Crippen molar-refractivity contribution in [2.75, 3.05) is 13.2 Å². The maximum atomic E-state index is 5.09. The van der Waals surface area contributed by atoms with Crippen molar-refractivity contribution in [1.29, 1.82) is 0 Å². The lowest BCUT2D eigenvalue weighted by Gasteiger charge is -2.04. The first kappa shape index (κ1) is 8.70. The Balaban J connectivity index is 3.32. The van der Waals surface area contributed by atoms with E-state index in [1.807, 2.05) is 13.8 Å². The molecule has 0 atom stereocenters. The van der Waals surface area contributed by atoms with Crippen molar-refractivity contribution >= 4 is 9.28 Å². The minimum absolute atomic E-state index is 0.637. The van der Waals surface area contributed by atoms with E-state index in [1.54, 1.807) is 0 Å². The lowest BCUT2D eigenvalue weighted by molar-refractivity contribution is 0.226. The van der Waals surface area contributed by atoms with Crippen molar-refractivity contribution in [3.05, 3.63) is 0 Å². The molecular formula is C6H11O2Si. The summed E-state index contributed by atoms with van der Waals surface area (Å²) >= 11 is 0. The fraction of sp³-hybridized carbons (Fsp3) is 0.667. The molecule has 0 saturated heterocycles. The van der Waals surface area contributed by atoms with Gasteiger partial charge in [-0.15, -0.1) is 6.42 Å². The monoisotopic (exact) mass is 143 g/mol. The first-order valence-electron chi connectivity index (χ1n) is 2.94. The molecule has 0 aliphatic heterocycles. The fourth-order valence-corrected chi connectivity index (χ4v) is 1.16. The molecule has 51 valence electrons. The third kappa shape index (κ3) is 4.22. The maximum absolute atomic E-state index is 5.09. The molecule has 0 bridgehead atoms. The van der Waals surface area contributed by atoms with Crippen molar-refractivity contribution < 1.29 is 8.85 Å². The van der Waals surface area contributed by atoms with E-state index >= 15 is 0 Å². The van der Waals surface area contributed by atoms with Gasteiger partial charge in [0.05, 0.1) is 0 Å². The molecule has 9 heavy (non-hydrogen) atoms. The average Bonchev–Trinajstić information content (AvgIpc) is 1.88. The van der Waals surface area contributed by atoms with E-state index in [2.05, 4.69) is 5.54 Å². The van der Waals surface area contributed by atoms with Gasteiger partial charge in [0.1, 0.15) is 0 Å². The van der Waals surface area contributed by atoms with E-state index in [1.165, 1.54) is 0 Å². The molecule has 0 spiro atoms. The quantitative estimate of drug-likeness (QED) is 0.426. The molecule has 0 unspecified atom stereocenters. The van der Waals surface area contributed by atoms with Gasteiger partial charge in [-0.2, -0.15) is 0 Å². The van der Waals surface area contributed by atoms with Gasteiger partial charge in [-0.05, 0) is 13.8 Å². The molecule has 0 heterocycles. The van der Waals surface area contributed by atoms with Crippen LogP contribution >= 0.6 is 0 Å². The summed E-state index contributed by atoms with van der Waals surface area (Å²) < 4.78 is 10.2. The van der Waals surface area contributed by atoms with Crippen LogP contribution in [0, 0.1) is 12.0 Å². The van der Waals surface area contributed by atoms with Gasteiger partial charge in [-0.1, -0.05) is 5.54 Å². The van der Waals surface area contributed by atoms with Gasteiger partial charge in [0.25, 0.3) is 0 Å². The van der Waals surface area contributed by atoms with Gasteiger partial charge in [-0.3, -0.25) is 0 Å². The third-order valence-corrected chi connectivity index (χ3v) is 2.01. The largest absolute Gasteiger partial charge is 0.482 e. The number of hydrogen-bond acceptors (Lipinski definition) is 2. The van der Waals surface area contributed by atoms with Crippen molar-refractivity contribution in [3.8, 4) is 12.0 Å². The Hall–Kier alpha value is -0.303. The van der Waals surface area contributed by atoms with E-state index in [0.29, 0.717) is 13.2 Å². The van der Waals surface area contributed by atoms with E-state index in [4.69, 9.17) is 15.3 Å². The minimum Gasteiger partial charge on any atom is -0.384 e. The molecule has 1 radical (unpaired) electrons. The zero-order chi connectivity index (χ0) is 7.11. The fourth-order valence-electron chi connectivity index (χ4n) is 0.387. The normalized spacial score (nSPS) is 9.56. The van der Waals surface area contributed by atoms with Crippen LogP contribution in [0.5, 0.6) is 0 Å². The number of hydrogen-bond donors (Lipinski definition) is 0. The molecule has 0 saturated carbocycles. The third-order valence-electron chi connectivity index (χ3n) is 0.669.